The van der Waals surface area contributed by atoms with Gasteiger partial charge < -0.3 is 10.1 Å². The van der Waals surface area contributed by atoms with Crippen LogP contribution in [0, 0.1) is 0 Å². The van der Waals surface area contributed by atoms with Crippen LogP contribution in [0.2, 0.25) is 0 Å². The van der Waals surface area contributed by atoms with Crippen molar-refractivity contribution < 1.29 is 5.21 Å². The maximum absolute atomic E-state index is 8.78. The maximum atomic E-state index is 8.78. The van der Waals surface area contributed by atoms with Crippen molar-refractivity contribution in [1.82, 2.24) is 4.98 Å². The van der Waals surface area contributed by atoms with Gasteiger partial charge in [0.1, 0.15) is 0 Å². The van der Waals surface area contributed by atoms with E-state index in [-0.39, 0.29) is 0 Å². The van der Waals surface area contributed by atoms with E-state index >= 15 is 0 Å². The molecule has 18 heavy (non-hydrogen) atoms. The summed E-state index contributed by atoms with van der Waals surface area (Å²) in [5.41, 5.74) is 3.14. The number of hydrogen-bond donors (Lipinski definition) is 1. The van der Waals surface area contributed by atoms with Gasteiger partial charge in [-0.05, 0) is 12.1 Å². The minimum atomic E-state index is 0.827. The van der Waals surface area contributed by atoms with Gasteiger partial charge in [-0.25, -0.2) is 0 Å². The number of hydrogen-bond acceptors (Lipinski definition) is 4. The van der Waals surface area contributed by atoms with Crippen LogP contribution in [-0.4, -0.2) is 29.0 Å². The Kier molecular flexibility index (Phi) is 2.84. The predicted octanol–water partition coefficient (Wildman–Crippen LogP) is 2.67. The Hall–Kier alpha value is -2.10. The van der Waals surface area contributed by atoms with E-state index < -0.39 is 0 Å². The van der Waals surface area contributed by atoms with Crippen LogP contribution in [0.15, 0.2) is 41.7 Å². The molecule has 0 saturated carbocycles. The lowest BCUT2D eigenvalue weighted by Crippen LogP contribution is -2.33. The average molecular weight is 241 g/mol. The molecule has 2 aromatic rings. The molecule has 92 valence electrons. The number of fused-ring (bicyclic) bond motifs is 1. The van der Waals surface area contributed by atoms with Crippen molar-refractivity contribution in [2.24, 2.45) is 5.16 Å². The second-order valence-electron chi connectivity index (χ2n) is 4.50. The van der Waals surface area contributed by atoms with E-state index in [2.05, 4.69) is 27.2 Å². The fourth-order valence-corrected chi connectivity index (χ4v) is 2.46. The predicted molar refractivity (Wildman–Crippen MR) is 72.4 cm³/mol. The highest BCUT2D eigenvalue weighted by Crippen LogP contribution is 2.26. The molecule has 3 rings (SSSR count). The lowest BCUT2D eigenvalue weighted by atomic mass is 10.1. The Labute approximate surface area is 106 Å². The quantitative estimate of drug-likeness (QED) is 0.617. The van der Waals surface area contributed by atoms with Gasteiger partial charge in [0.25, 0.3) is 0 Å². The summed E-state index contributed by atoms with van der Waals surface area (Å²) in [6.45, 7) is 1.79. The zero-order valence-electron chi connectivity index (χ0n) is 10.1. The van der Waals surface area contributed by atoms with Gasteiger partial charge in [-0.3, -0.25) is 4.98 Å². The molecule has 1 N–H and O–H groups in total. The Morgan fingerprint density at radius 2 is 1.89 bits per heavy atom. The Morgan fingerprint density at radius 1 is 1.11 bits per heavy atom. The number of anilines is 1. The fourth-order valence-electron chi connectivity index (χ4n) is 2.46. The molecule has 0 spiro atoms. The summed E-state index contributed by atoms with van der Waals surface area (Å²) >= 11 is 0. The number of pyridine rings is 1. The standard InChI is InChI=1S/C14H15N3O/c18-16-11-6-9-17(10-7-11)14-5-8-15-13-4-2-1-3-12(13)14/h1-5,8,18H,6-7,9-10H2. The number of para-hydroxylation sites is 1. The Bertz CT molecular complexity index is 579. The van der Waals surface area contributed by atoms with Gasteiger partial charge in [-0.1, -0.05) is 23.4 Å². The smallest absolute Gasteiger partial charge is 0.0722 e. The molecular weight excluding hydrogens is 226 g/mol. The second-order valence-corrected chi connectivity index (χ2v) is 4.50. The number of aromatic nitrogens is 1. The molecule has 1 aromatic heterocycles. The number of rotatable bonds is 1. The summed E-state index contributed by atoms with van der Waals surface area (Å²) in [4.78, 5) is 6.71. The van der Waals surface area contributed by atoms with Gasteiger partial charge in [0.15, 0.2) is 0 Å². The summed E-state index contributed by atoms with van der Waals surface area (Å²) in [5.74, 6) is 0. The molecule has 1 aliphatic heterocycles. The molecule has 1 saturated heterocycles. The highest BCUT2D eigenvalue weighted by Gasteiger charge is 2.17. The zero-order valence-corrected chi connectivity index (χ0v) is 10.1. The van der Waals surface area contributed by atoms with Gasteiger partial charge in [0, 0.05) is 43.2 Å². The van der Waals surface area contributed by atoms with Gasteiger partial charge in [-0.15, -0.1) is 0 Å². The number of piperidine rings is 1. The largest absolute Gasteiger partial charge is 0.411 e. The molecule has 1 fully saturated rings. The van der Waals surface area contributed by atoms with Gasteiger partial charge in [0.05, 0.1) is 11.2 Å². The van der Waals surface area contributed by atoms with Crippen molar-refractivity contribution in [3.05, 3.63) is 36.5 Å². The molecule has 0 amide bonds. The molecule has 1 aromatic carbocycles. The number of benzene rings is 1. The first-order chi connectivity index (χ1) is 8.88. The van der Waals surface area contributed by atoms with E-state index in [1.165, 1.54) is 11.1 Å². The summed E-state index contributed by atoms with van der Waals surface area (Å²) < 4.78 is 0. The average Bonchev–Trinajstić information content (AvgIpc) is 2.47. The summed E-state index contributed by atoms with van der Waals surface area (Å²) in [6.07, 6.45) is 3.51. The van der Waals surface area contributed by atoms with E-state index in [1.54, 1.807) is 0 Å². The van der Waals surface area contributed by atoms with Gasteiger partial charge in [-0.2, -0.15) is 0 Å². The molecule has 1 aliphatic rings. The molecule has 4 heteroatoms. The van der Waals surface area contributed by atoms with Crippen molar-refractivity contribution in [2.45, 2.75) is 12.8 Å². The van der Waals surface area contributed by atoms with Crippen LogP contribution in [0.25, 0.3) is 10.9 Å². The molecule has 0 bridgehead atoms. The van der Waals surface area contributed by atoms with Crippen molar-refractivity contribution >= 4 is 22.3 Å². The lowest BCUT2D eigenvalue weighted by molar-refractivity contribution is 0.315. The first-order valence-electron chi connectivity index (χ1n) is 6.17. The topological polar surface area (TPSA) is 48.7 Å². The van der Waals surface area contributed by atoms with Gasteiger partial charge in [0.2, 0.25) is 0 Å². The molecule has 4 nitrogen and oxygen atoms in total. The lowest BCUT2D eigenvalue weighted by Gasteiger charge is -2.30. The van der Waals surface area contributed by atoms with Crippen LogP contribution in [0.5, 0.6) is 0 Å². The Balaban J connectivity index is 1.95. The van der Waals surface area contributed by atoms with E-state index in [1.807, 2.05) is 24.4 Å². The third-order valence-electron chi connectivity index (χ3n) is 3.45. The van der Waals surface area contributed by atoms with Crippen molar-refractivity contribution in [1.29, 1.82) is 0 Å². The summed E-state index contributed by atoms with van der Waals surface area (Å²) in [6, 6.07) is 10.2. The number of nitrogens with zero attached hydrogens (tertiary/aromatic N) is 3. The van der Waals surface area contributed by atoms with Crippen LogP contribution in [0.1, 0.15) is 12.8 Å². The van der Waals surface area contributed by atoms with Crippen LogP contribution in [0.3, 0.4) is 0 Å². The van der Waals surface area contributed by atoms with E-state index in [0.717, 1.165) is 37.2 Å². The highest BCUT2D eigenvalue weighted by atomic mass is 16.4. The van der Waals surface area contributed by atoms with E-state index in [0.29, 0.717) is 0 Å². The third-order valence-corrected chi connectivity index (χ3v) is 3.45. The Morgan fingerprint density at radius 3 is 2.67 bits per heavy atom. The van der Waals surface area contributed by atoms with Crippen LogP contribution in [-0.2, 0) is 0 Å². The molecule has 0 atom stereocenters. The first kappa shape index (κ1) is 11.0. The van der Waals surface area contributed by atoms with Gasteiger partial charge >= 0.3 is 0 Å². The first-order valence-corrected chi connectivity index (χ1v) is 6.17. The molecule has 0 aliphatic carbocycles. The monoisotopic (exact) mass is 241 g/mol. The van der Waals surface area contributed by atoms with Crippen LogP contribution < -0.4 is 4.90 Å². The van der Waals surface area contributed by atoms with Crippen LogP contribution in [0.4, 0.5) is 5.69 Å². The van der Waals surface area contributed by atoms with Crippen molar-refractivity contribution in [2.75, 3.05) is 18.0 Å². The van der Waals surface area contributed by atoms with E-state index in [9.17, 15) is 0 Å². The molecule has 0 radical (unpaired) electrons. The normalized spacial score (nSPS) is 16.0. The third kappa shape index (κ3) is 1.90. The molecule has 2 heterocycles. The fraction of sp³-hybridized carbons (Fsp3) is 0.286. The minimum Gasteiger partial charge on any atom is -0.411 e. The second kappa shape index (κ2) is 4.64. The SMILES string of the molecule is ON=C1CCN(c2ccnc3ccccc23)CC1. The number of oxime groups is 1. The van der Waals surface area contributed by atoms with Crippen molar-refractivity contribution in [3.63, 3.8) is 0 Å². The molecular formula is C14H15N3O. The highest BCUT2D eigenvalue weighted by molar-refractivity contribution is 5.93. The van der Waals surface area contributed by atoms with Crippen LogP contribution >= 0.6 is 0 Å². The van der Waals surface area contributed by atoms with Crippen molar-refractivity contribution in [3.8, 4) is 0 Å². The minimum absolute atomic E-state index is 0.827. The van der Waals surface area contributed by atoms with E-state index in [4.69, 9.17) is 5.21 Å². The molecule has 0 unspecified atom stereocenters. The maximum Gasteiger partial charge on any atom is 0.0722 e. The zero-order chi connectivity index (χ0) is 12.4. The summed E-state index contributed by atoms with van der Waals surface area (Å²) in [7, 11) is 0. The summed E-state index contributed by atoms with van der Waals surface area (Å²) in [5, 5.41) is 13.3.